The first-order valence-corrected chi connectivity index (χ1v) is 7.25. The molecule has 0 aliphatic carbocycles. The summed E-state index contributed by atoms with van der Waals surface area (Å²) in [5.74, 6) is 8.09. The SMILES string of the molecule is C#CCNC(=O)C(C)Sc1nnc(-c2ccc(F)cc2)n1N. The third-order valence-corrected chi connectivity index (χ3v) is 3.84. The molecule has 0 spiro atoms. The predicted octanol–water partition coefficient (Wildman–Crippen LogP) is 1.03. The number of aromatic nitrogens is 3. The molecule has 114 valence electrons. The van der Waals surface area contributed by atoms with Crippen LogP contribution in [0.3, 0.4) is 0 Å². The number of carbonyl (C=O) groups excluding carboxylic acids is 1. The first-order valence-electron chi connectivity index (χ1n) is 6.37. The number of rotatable bonds is 5. The molecule has 0 bridgehead atoms. The molecule has 1 atom stereocenters. The van der Waals surface area contributed by atoms with E-state index < -0.39 is 5.25 Å². The molecule has 2 rings (SSSR count). The second kappa shape index (κ2) is 6.95. The maximum absolute atomic E-state index is 12.9. The molecule has 1 heterocycles. The number of nitrogen functional groups attached to an aromatic ring is 1. The number of terminal acetylenes is 1. The van der Waals surface area contributed by atoms with Crippen molar-refractivity contribution < 1.29 is 9.18 Å². The highest BCUT2D eigenvalue weighted by Gasteiger charge is 2.19. The lowest BCUT2D eigenvalue weighted by molar-refractivity contribution is -0.120. The maximum Gasteiger partial charge on any atom is 0.234 e. The molecule has 1 aromatic carbocycles. The van der Waals surface area contributed by atoms with Crippen LogP contribution in [0.5, 0.6) is 0 Å². The molecule has 6 nitrogen and oxygen atoms in total. The summed E-state index contributed by atoms with van der Waals surface area (Å²) in [6.07, 6.45) is 5.09. The molecule has 0 saturated heterocycles. The lowest BCUT2D eigenvalue weighted by Crippen LogP contribution is -2.31. The molecule has 2 aromatic rings. The minimum atomic E-state index is -0.430. The number of amides is 1. The number of nitrogens with two attached hydrogens (primary N) is 1. The van der Waals surface area contributed by atoms with Crippen molar-refractivity contribution in [3.05, 3.63) is 30.1 Å². The zero-order valence-electron chi connectivity index (χ0n) is 11.8. The van der Waals surface area contributed by atoms with Gasteiger partial charge in [0.25, 0.3) is 0 Å². The summed E-state index contributed by atoms with van der Waals surface area (Å²) in [6, 6.07) is 5.74. The van der Waals surface area contributed by atoms with Crippen molar-refractivity contribution in [2.75, 3.05) is 12.4 Å². The number of halogens is 1. The quantitative estimate of drug-likeness (QED) is 0.488. The van der Waals surface area contributed by atoms with Crippen LogP contribution in [0.25, 0.3) is 11.4 Å². The number of carbonyl (C=O) groups is 1. The number of benzene rings is 1. The fraction of sp³-hybridized carbons (Fsp3) is 0.214. The highest BCUT2D eigenvalue weighted by Crippen LogP contribution is 2.24. The zero-order valence-corrected chi connectivity index (χ0v) is 12.6. The van der Waals surface area contributed by atoms with Crippen LogP contribution in [-0.2, 0) is 4.79 Å². The predicted molar refractivity (Wildman–Crippen MR) is 82.7 cm³/mol. The second-order valence-electron chi connectivity index (χ2n) is 4.37. The minimum absolute atomic E-state index is 0.167. The van der Waals surface area contributed by atoms with Gasteiger partial charge in [-0.1, -0.05) is 17.7 Å². The molecule has 0 saturated carbocycles. The fourth-order valence-electron chi connectivity index (χ4n) is 1.65. The van der Waals surface area contributed by atoms with Gasteiger partial charge in [0.05, 0.1) is 11.8 Å². The lowest BCUT2D eigenvalue weighted by Gasteiger charge is -2.09. The van der Waals surface area contributed by atoms with Gasteiger partial charge in [0, 0.05) is 5.56 Å². The van der Waals surface area contributed by atoms with Crippen LogP contribution in [0.4, 0.5) is 4.39 Å². The molecule has 0 aliphatic heterocycles. The van der Waals surface area contributed by atoms with E-state index in [2.05, 4.69) is 21.4 Å². The Bertz CT molecular complexity index is 707. The highest BCUT2D eigenvalue weighted by atomic mass is 32.2. The van der Waals surface area contributed by atoms with Crippen LogP contribution in [0.2, 0.25) is 0 Å². The van der Waals surface area contributed by atoms with Gasteiger partial charge in [-0.25, -0.2) is 9.07 Å². The van der Waals surface area contributed by atoms with Gasteiger partial charge < -0.3 is 11.2 Å². The maximum atomic E-state index is 12.9. The third-order valence-electron chi connectivity index (χ3n) is 2.78. The summed E-state index contributed by atoms with van der Waals surface area (Å²) in [4.78, 5) is 11.8. The van der Waals surface area contributed by atoms with E-state index >= 15 is 0 Å². The van der Waals surface area contributed by atoms with Crippen molar-refractivity contribution in [2.45, 2.75) is 17.3 Å². The van der Waals surface area contributed by atoms with Crippen molar-refractivity contribution in [1.29, 1.82) is 0 Å². The zero-order chi connectivity index (χ0) is 16.1. The Labute approximate surface area is 131 Å². The number of hydrogen-bond acceptors (Lipinski definition) is 5. The van der Waals surface area contributed by atoms with Crippen molar-refractivity contribution in [3.63, 3.8) is 0 Å². The summed E-state index contributed by atoms with van der Waals surface area (Å²) in [5, 5.41) is 10.5. The Morgan fingerprint density at radius 2 is 2.18 bits per heavy atom. The fourth-order valence-corrected chi connectivity index (χ4v) is 2.44. The molecule has 0 aliphatic rings. The summed E-state index contributed by atoms with van der Waals surface area (Å²) >= 11 is 1.16. The number of thioether (sulfide) groups is 1. The van der Waals surface area contributed by atoms with Crippen molar-refractivity contribution in [1.82, 2.24) is 20.2 Å². The number of hydrogen-bond donors (Lipinski definition) is 2. The van der Waals surface area contributed by atoms with E-state index in [4.69, 9.17) is 12.3 Å². The smallest absolute Gasteiger partial charge is 0.234 e. The van der Waals surface area contributed by atoms with Crippen LogP contribution in [0.1, 0.15) is 6.92 Å². The van der Waals surface area contributed by atoms with Crippen molar-refractivity contribution in [3.8, 4) is 23.7 Å². The van der Waals surface area contributed by atoms with Gasteiger partial charge >= 0.3 is 0 Å². The average Bonchev–Trinajstić information content (AvgIpc) is 2.86. The van der Waals surface area contributed by atoms with E-state index in [9.17, 15) is 9.18 Å². The molecule has 0 fully saturated rings. The molecule has 22 heavy (non-hydrogen) atoms. The van der Waals surface area contributed by atoms with Gasteiger partial charge in [-0.15, -0.1) is 16.6 Å². The Morgan fingerprint density at radius 3 is 2.82 bits per heavy atom. The van der Waals surface area contributed by atoms with Crippen LogP contribution in [-0.4, -0.2) is 32.6 Å². The molecule has 1 aromatic heterocycles. The van der Waals surface area contributed by atoms with E-state index in [-0.39, 0.29) is 18.3 Å². The topological polar surface area (TPSA) is 85.8 Å². The largest absolute Gasteiger partial charge is 0.344 e. The summed E-state index contributed by atoms with van der Waals surface area (Å²) < 4.78 is 14.2. The monoisotopic (exact) mass is 319 g/mol. The average molecular weight is 319 g/mol. The Hall–Kier alpha value is -2.53. The molecular formula is C14H14FN5OS. The van der Waals surface area contributed by atoms with Crippen molar-refractivity contribution >= 4 is 17.7 Å². The van der Waals surface area contributed by atoms with Crippen LogP contribution in [0, 0.1) is 18.2 Å². The Morgan fingerprint density at radius 1 is 1.50 bits per heavy atom. The van der Waals surface area contributed by atoms with Gasteiger partial charge in [-0.3, -0.25) is 4.79 Å². The van der Waals surface area contributed by atoms with Gasteiger partial charge in [-0.2, -0.15) is 0 Å². The molecule has 3 N–H and O–H groups in total. The van der Waals surface area contributed by atoms with Crippen LogP contribution in [0.15, 0.2) is 29.4 Å². The Balaban J connectivity index is 2.13. The van der Waals surface area contributed by atoms with Crippen LogP contribution >= 0.6 is 11.8 Å². The summed E-state index contributed by atoms with van der Waals surface area (Å²) in [6.45, 7) is 1.88. The summed E-state index contributed by atoms with van der Waals surface area (Å²) in [7, 11) is 0. The summed E-state index contributed by atoms with van der Waals surface area (Å²) in [5.41, 5.74) is 0.632. The third kappa shape index (κ3) is 3.56. The standard InChI is InChI=1S/C14H14FN5OS/c1-3-8-17-13(21)9(2)22-14-19-18-12(20(14)16)10-4-6-11(15)7-5-10/h1,4-7,9H,8,16H2,2H3,(H,17,21). The van der Waals surface area contributed by atoms with Gasteiger partial charge in [0.1, 0.15) is 5.82 Å². The normalized spacial score (nSPS) is 11.7. The van der Waals surface area contributed by atoms with E-state index in [0.29, 0.717) is 16.5 Å². The van der Waals surface area contributed by atoms with Gasteiger partial charge in [0.15, 0.2) is 5.82 Å². The molecule has 0 radical (unpaired) electrons. The van der Waals surface area contributed by atoms with E-state index in [1.54, 1.807) is 19.1 Å². The molecule has 8 heteroatoms. The van der Waals surface area contributed by atoms with E-state index in [1.807, 2.05) is 0 Å². The van der Waals surface area contributed by atoms with Gasteiger partial charge in [0.2, 0.25) is 11.1 Å². The molecule has 1 amide bonds. The number of nitrogens with zero attached hydrogens (tertiary/aromatic N) is 3. The molecule has 1 unspecified atom stereocenters. The first kappa shape index (κ1) is 15.9. The minimum Gasteiger partial charge on any atom is -0.344 e. The van der Waals surface area contributed by atoms with Crippen molar-refractivity contribution in [2.24, 2.45) is 0 Å². The molecular weight excluding hydrogens is 305 g/mol. The highest BCUT2D eigenvalue weighted by molar-refractivity contribution is 8.00. The lowest BCUT2D eigenvalue weighted by atomic mass is 10.2. The van der Waals surface area contributed by atoms with Crippen LogP contribution < -0.4 is 11.2 Å². The van der Waals surface area contributed by atoms with Gasteiger partial charge in [-0.05, 0) is 31.2 Å². The Kier molecular flexibility index (Phi) is 5.01. The van der Waals surface area contributed by atoms with E-state index in [1.165, 1.54) is 16.8 Å². The second-order valence-corrected chi connectivity index (χ2v) is 5.67. The van der Waals surface area contributed by atoms with E-state index in [0.717, 1.165) is 11.8 Å². The first-order chi connectivity index (χ1) is 10.5. The number of nitrogens with one attached hydrogen (secondary N) is 1.